The van der Waals surface area contributed by atoms with Crippen molar-refractivity contribution in [2.75, 3.05) is 57.8 Å². The van der Waals surface area contributed by atoms with Gasteiger partial charge in [-0.05, 0) is 25.0 Å². The van der Waals surface area contributed by atoms with Crippen LogP contribution in [-0.2, 0) is 14.3 Å². The van der Waals surface area contributed by atoms with E-state index in [1.54, 1.807) is 12.3 Å². The number of amides is 1. The standard InChI is InChI=1S/C19H28N6O3/c1-28-17(26)13-23-8-10-25(11-9-23)19(27)14-4-6-24(7-5-14)16-3-2-15(12-22-16)18(20)21/h2-3,12,14H,4-11,13H2,1H3,(H3,20,21). The van der Waals surface area contributed by atoms with Gasteiger partial charge in [0.25, 0.3) is 0 Å². The van der Waals surface area contributed by atoms with Crippen LogP contribution in [-0.4, -0.2) is 85.4 Å². The maximum absolute atomic E-state index is 12.8. The Balaban J connectivity index is 1.46. The largest absolute Gasteiger partial charge is 0.468 e. The van der Waals surface area contributed by atoms with E-state index in [1.165, 1.54) is 7.11 Å². The molecule has 9 heteroatoms. The van der Waals surface area contributed by atoms with E-state index in [0.29, 0.717) is 31.7 Å². The molecule has 0 saturated carbocycles. The summed E-state index contributed by atoms with van der Waals surface area (Å²) in [5, 5.41) is 7.43. The molecule has 1 amide bonds. The van der Waals surface area contributed by atoms with Crippen molar-refractivity contribution in [3.8, 4) is 0 Å². The number of piperazine rings is 1. The van der Waals surface area contributed by atoms with Gasteiger partial charge >= 0.3 is 5.97 Å². The highest BCUT2D eigenvalue weighted by molar-refractivity contribution is 5.94. The molecule has 0 bridgehead atoms. The summed E-state index contributed by atoms with van der Waals surface area (Å²) in [6.07, 6.45) is 3.22. The molecule has 3 rings (SSSR count). The van der Waals surface area contributed by atoms with Crippen molar-refractivity contribution in [1.29, 1.82) is 5.41 Å². The predicted octanol–water partition coefficient (Wildman–Crippen LogP) is -0.101. The molecule has 152 valence electrons. The van der Waals surface area contributed by atoms with Crippen LogP contribution in [0.2, 0.25) is 0 Å². The summed E-state index contributed by atoms with van der Waals surface area (Å²) in [6.45, 7) is 4.56. The van der Waals surface area contributed by atoms with E-state index in [-0.39, 0.29) is 30.2 Å². The number of piperidine rings is 1. The zero-order valence-electron chi connectivity index (χ0n) is 16.3. The van der Waals surface area contributed by atoms with Gasteiger partial charge in [-0.2, -0.15) is 0 Å². The normalized spacial score (nSPS) is 18.8. The minimum atomic E-state index is -0.239. The van der Waals surface area contributed by atoms with E-state index in [4.69, 9.17) is 15.9 Å². The lowest BCUT2D eigenvalue weighted by molar-refractivity contribution is -0.143. The summed E-state index contributed by atoms with van der Waals surface area (Å²) in [7, 11) is 1.39. The number of hydrogen-bond donors (Lipinski definition) is 2. The quantitative estimate of drug-likeness (QED) is 0.411. The highest BCUT2D eigenvalue weighted by Crippen LogP contribution is 2.24. The van der Waals surface area contributed by atoms with Crippen LogP contribution in [0, 0.1) is 11.3 Å². The monoisotopic (exact) mass is 388 g/mol. The van der Waals surface area contributed by atoms with Crippen LogP contribution in [0.15, 0.2) is 18.3 Å². The number of carbonyl (C=O) groups is 2. The third-order valence-electron chi connectivity index (χ3n) is 5.49. The fourth-order valence-electron chi connectivity index (χ4n) is 3.72. The third kappa shape index (κ3) is 4.78. The Kier molecular flexibility index (Phi) is 6.45. The minimum Gasteiger partial charge on any atom is -0.468 e. The van der Waals surface area contributed by atoms with Crippen LogP contribution in [0.25, 0.3) is 0 Å². The lowest BCUT2D eigenvalue weighted by Gasteiger charge is -2.38. The molecule has 0 aromatic carbocycles. The molecule has 0 unspecified atom stereocenters. The van der Waals surface area contributed by atoms with Crippen LogP contribution >= 0.6 is 0 Å². The second-order valence-corrected chi connectivity index (χ2v) is 7.26. The number of amidine groups is 1. The molecule has 1 aromatic rings. The van der Waals surface area contributed by atoms with Crippen LogP contribution in [0.4, 0.5) is 5.82 Å². The number of nitrogens with zero attached hydrogens (tertiary/aromatic N) is 4. The number of pyridine rings is 1. The molecule has 3 N–H and O–H groups in total. The average Bonchev–Trinajstić information content (AvgIpc) is 2.74. The van der Waals surface area contributed by atoms with Crippen LogP contribution in [0.1, 0.15) is 18.4 Å². The first-order valence-electron chi connectivity index (χ1n) is 9.61. The smallest absolute Gasteiger partial charge is 0.319 e. The SMILES string of the molecule is COC(=O)CN1CCN(C(=O)C2CCN(c3ccc(C(=N)N)cn3)CC2)CC1. The molecular weight excluding hydrogens is 360 g/mol. The van der Waals surface area contributed by atoms with Crippen molar-refractivity contribution < 1.29 is 14.3 Å². The van der Waals surface area contributed by atoms with Crippen LogP contribution < -0.4 is 10.6 Å². The van der Waals surface area contributed by atoms with Gasteiger partial charge in [0.05, 0.1) is 13.7 Å². The van der Waals surface area contributed by atoms with Gasteiger partial charge < -0.3 is 20.3 Å². The summed E-state index contributed by atoms with van der Waals surface area (Å²) in [5.74, 6) is 0.886. The number of carbonyl (C=O) groups excluding carboxylic acids is 2. The van der Waals surface area contributed by atoms with Gasteiger partial charge in [0.15, 0.2) is 0 Å². The topological polar surface area (TPSA) is 116 Å². The van der Waals surface area contributed by atoms with Crippen molar-refractivity contribution in [2.45, 2.75) is 12.8 Å². The maximum Gasteiger partial charge on any atom is 0.319 e. The van der Waals surface area contributed by atoms with Crippen molar-refractivity contribution in [3.05, 3.63) is 23.9 Å². The van der Waals surface area contributed by atoms with E-state index in [0.717, 1.165) is 31.7 Å². The average molecular weight is 388 g/mol. The number of nitrogen functional groups attached to an aromatic ring is 1. The number of nitrogens with one attached hydrogen (secondary N) is 1. The summed E-state index contributed by atoms with van der Waals surface area (Å²) >= 11 is 0. The van der Waals surface area contributed by atoms with E-state index in [1.807, 2.05) is 15.9 Å². The predicted molar refractivity (Wildman–Crippen MR) is 105 cm³/mol. The zero-order valence-corrected chi connectivity index (χ0v) is 16.3. The van der Waals surface area contributed by atoms with Gasteiger partial charge in [-0.3, -0.25) is 19.9 Å². The lowest BCUT2D eigenvalue weighted by Crippen LogP contribution is -2.52. The highest BCUT2D eigenvalue weighted by atomic mass is 16.5. The van der Waals surface area contributed by atoms with Crippen LogP contribution in [0.3, 0.4) is 0 Å². The second-order valence-electron chi connectivity index (χ2n) is 7.26. The summed E-state index contributed by atoms with van der Waals surface area (Å²) < 4.78 is 4.70. The number of ether oxygens (including phenoxy) is 1. The number of methoxy groups -OCH3 is 1. The number of nitrogens with two attached hydrogens (primary N) is 1. The van der Waals surface area contributed by atoms with Crippen molar-refractivity contribution >= 4 is 23.5 Å². The Hall–Kier alpha value is -2.68. The molecule has 2 fully saturated rings. The van der Waals surface area contributed by atoms with Gasteiger partial charge in [0.2, 0.25) is 5.91 Å². The first kappa shape index (κ1) is 20.1. The zero-order chi connectivity index (χ0) is 20.1. The van der Waals surface area contributed by atoms with Gasteiger partial charge in [0, 0.05) is 56.9 Å². The van der Waals surface area contributed by atoms with Crippen molar-refractivity contribution in [3.63, 3.8) is 0 Å². The summed E-state index contributed by atoms with van der Waals surface area (Å²) in [6, 6.07) is 3.68. The Morgan fingerprint density at radius 2 is 1.86 bits per heavy atom. The number of hydrogen-bond acceptors (Lipinski definition) is 7. The highest BCUT2D eigenvalue weighted by Gasteiger charge is 2.31. The van der Waals surface area contributed by atoms with E-state index in [9.17, 15) is 9.59 Å². The number of anilines is 1. The van der Waals surface area contributed by atoms with Gasteiger partial charge in [-0.15, -0.1) is 0 Å². The van der Waals surface area contributed by atoms with Crippen LogP contribution in [0.5, 0.6) is 0 Å². The fraction of sp³-hybridized carbons (Fsp3) is 0.579. The molecule has 0 aliphatic carbocycles. The van der Waals surface area contributed by atoms with Gasteiger partial charge in [-0.25, -0.2) is 4.98 Å². The molecule has 1 aromatic heterocycles. The number of aromatic nitrogens is 1. The van der Waals surface area contributed by atoms with E-state index in [2.05, 4.69) is 9.88 Å². The molecule has 0 atom stereocenters. The Morgan fingerprint density at radius 3 is 2.39 bits per heavy atom. The Labute approximate surface area is 164 Å². The molecular formula is C19H28N6O3. The molecule has 0 radical (unpaired) electrons. The number of esters is 1. The number of rotatable bonds is 5. The molecule has 2 aliphatic rings. The van der Waals surface area contributed by atoms with E-state index >= 15 is 0 Å². The first-order valence-corrected chi connectivity index (χ1v) is 9.61. The molecule has 0 spiro atoms. The van der Waals surface area contributed by atoms with Gasteiger partial charge in [0.1, 0.15) is 11.7 Å². The first-order chi connectivity index (χ1) is 13.5. The van der Waals surface area contributed by atoms with Gasteiger partial charge in [-0.1, -0.05) is 0 Å². The Bertz CT molecular complexity index is 707. The summed E-state index contributed by atoms with van der Waals surface area (Å²) in [4.78, 5) is 34.7. The molecule has 3 heterocycles. The molecule has 2 aliphatic heterocycles. The summed E-state index contributed by atoms with van der Waals surface area (Å²) in [5.41, 5.74) is 6.08. The Morgan fingerprint density at radius 1 is 1.18 bits per heavy atom. The second kappa shape index (κ2) is 9.01. The van der Waals surface area contributed by atoms with Crippen molar-refractivity contribution in [2.24, 2.45) is 11.7 Å². The molecule has 2 saturated heterocycles. The molecule has 9 nitrogen and oxygen atoms in total. The maximum atomic E-state index is 12.8. The lowest BCUT2D eigenvalue weighted by atomic mass is 9.95. The molecule has 28 heavy (non-hydrogen) atoms. The third-order valence-corrected chi connectivity index (χ3v) is 5.49. The minimum absolute atomic E-state index is 0.00929. The van der Waals surface area contributed by atoms with E-state index < -0.39 is 0 Å². The van der Waals surface area contributed by atoms with Crippen molar-refractivity contribution in [1.82, 2.24) is 14.8 Å². The fourth-order valence-corrected chi connectivity index (χ4v) is 3.72.